The molecule has 2 rings (SSSR count). The predicted molar refractivity (Wildman–Crippen MR) is 73.3 cm³/mol. The van der Waals surface area contributed by atoms with Gasteiger partial charge in [0.1, 0.15) is 6.61 Å². The molecule has 0 atom stereocenters. The van der Waals surface area contributed by atoms with Crippen molar-refractivity contribution in [2.24, 2.45) is 5.92 Å². The molecule has 0 N–H and O–H groups in total. The van der Waals surface area contributed by atoms with E-state index in [1.165, 1.54) is 17.4 Å². The molecule has 0 unspecified atom stereocenters. The van der Waals surface area contributed by atoms with E-state index in [9.17, 15) is 9.59 Å². The Morgan fingerprint density at radius 3 is 2.95 bits per heavy atom. The third-order valence-electron chi connectivity index (χ3n) is 2.58. The van der Waals surface area contributed by atoms with Gasteiger partial charge in [-0.1, -0.05) is 13.8 Å². The molecule has 2 aromatic heterocycles. The minimum atomic E-state index is -0.264. The van der Waals surface area contributed by atoms with Crippen molar-refractivity contribution in [3.05, 3.63) is 33.2 Å². The van der Waals surface area contributed by atoms with Gasteiger partial charge in [-0.15, -0.1) is 11.3 Å². The number of rotatable bonds is 4. The predicted octanol–water partition coefficient (Wildman–Crippen LogP) is 2.15. The monoisotopic (exact) mass is 280 g/mol. The molecule has 0 amide bonds. The summed E-state index contributed by atoms with van der Waals surface area (Å²) in [5.41, 5.74) is 1.21. The zero-order chi connectivity index (χ0) is 14.0. The van der Waals surface area contributed by atoms with Crippen molar-refractivity contribution in [1.82, 2.24) is 9.38 Å². The zero-order valence-electron chi connectivity index (χ0n) is 11.2. The van der Waals surface area contributed by atoms with Crippen molar-refractivity contribution in [1.29, 1.82) is 0 Å². The molecule has 5 nitrogen and oxygen atoms in total. The number of hydrogen-bond donors (Lipinski definition) is 0. The van der Waals surface area contributed by atoms with Crippen molar-refractivity contribution >= 4 is 22.3 Å². The van der Waals surface area contributed by atoms with Crippen LogP contribution in [0, 0.1) is 12.8 Å². The number of aryl methyl sites for hydroxylation is 1. The van der Waals surface area contributed by atoms with Gasteiger partial charge < -0.3 is 4.74 Å². The molecule has 19 heavy (non-hydrogen) atoms. The van der Waals surface area contributed by atoms with Crippen molar-refractivity contribution in [3.63, 3.8) is 0 Å². The number of hydrogen-bond acceptors (Lipinski definition) is 5. The van der Waals surface area contributed by atoms with Gasteiger partial charge in [-0.2, -0.15) is 0 Å². The van der Waals surface area contributed by atoms with Crippen LogP contribution in [0.15, 0.2) is 16.2 Å². The Balaban J connectivity index is 2.14. The van der Waals surface area contributed by atoms with Gasteiger partial charge in [-0.25, -0.2) is 4.98 Å². The normalized spacial score (nSPS) is 11.2. The van der Waals surface area contributed by atoms with E-state index in [2.05, 4.69) is 4.98 Å². The molecule has 0 saturated carbocycles. The van der Waals surface area contributed by atoms with Crippen LogP contribution in [0.2, 0.25) is 0 Å². The first-order valence-electron chi connectivity index (χ1n) is 6.09. The highest BCUT2D eigenvalue weighted by Gasteiger charge is 2.10. The van der Waals surface area contributed by atoms with Gasteiger partial charge >= 0.3 is 5.97 Å². The summed E-state index contributed by atoms with van der Waals surface area (Å²) in [4.78, 5) is 28.3. The van der Waals surface area contributed by atoms with Crippen LogP contribution >= 0.6 is 11.3 Å². The summed E-state index contributed by atoms with van der Waals surface area (Å²) in [5.74, 6) is -0.00660. The average molecular weight is 280 g/mol. The molecule has 2 heterocycles. The van der Waals surface area contributed by atoms with Crippen LogP contribution < -0.4 is 5.56 Å². The molecule has 0 aliphatic rings. The molecule has 0 bridgehead atoms. The van der Waals surface area contributed by atoms with E-state index in [4.69, 9.17) is 4.74 Å². The first-order chi connectivity index (χ1) is 8.97. The van der Waals surface area contributed by atoms with Gasteiger partial charge in [-0.3, -0.25) is 14.0 Å². The number of thiazole rings is 1. The third kappa shape index (κ3) is 3.20. The molecule has 102 valence electrons. The second-order valence-electron chi connectivity index (χ2n) is 4.84. The second-order valence-corrected chi connectivity index (χ2v) is 5.68. The van der Waals surface area contributed by atoms with E-state index >= 15 is 0 Å². The lowest BCUT2D eigenvalue weighted by Gasteiger charge is -2.06. The first-order valence-corrected chi connectivity index (χ1v) is 6.97. The molecule has 0 saturated heterocycles. The number of esters is 1. The van der Waals surface area contributed by atoms with Gasteiger partial charge in [-0.05, 0) is 12.8 Å². The minimum absolute atomic E-state index is 0.0498. The fourth-order valence-electron chi connectivity index (χ4n) is 1.72. The fraction of sp³-hybridized carbons (Fsp3) is 0.462. The Morgan fingerprint density at radius 1 is 1.53 bits per heavy atom. The molecule has 0 radical (unpaired) electrons. The van der Waals surface area contributed by atoms with Crippen molar-refractivity contribution in [2.75, 3.05) is 0 Å². The number of fused-ring (bicyclic) bond motifs is 1. The lowest BCUT2D eigenvalue weighted by Crippen LogP contribution is -2.16. The van der Waals surface area contributed by atoms with Gasteiger partial charge in [0.2, 0.25) is 0 Å². The van der Waals surface area contributed by atoms with E-state index in [0.717, 1.165) is 5.69 Å². The number of ether oxygens (including phenoxy) is 1. The van der Waals surface area contributed by atoms with E-state index in [1.54, 1.807) is 4.40 Å². The molecular weight excluding hydrogens is 264 g/mol. The first kappa shape index (κ1) is 13.7. The number of carbonyl (C=O) groups is 1. The largest absolute Gasteiger partial charge is 0.459 e. The molecule has 0 aromatic carbocycles. The Kier molecular flexibility index (Phi) is 3.99. The summed E-state index contributed by atoms with van der Waals surface area (Å²) in [6, 6.07) is 1.41. The van der Waals surface area contributed by atoms with Crippen LogP contribution in [0.3, 0.4) is 0 Å². The van der Waals surface area contributed by atoms with Crippen LogP contribution in [-0.4, -0.2) is 15.4 Å². The van der Waals surface area contributed by atoms with E-state index in [1.807, 2.05) is 26.2 Å². The Labute approximate surface area is 114 Å². The standard InChI is InChI=1S/C13H16N2O3S/c1-8(2)4-12(17)18-6-10-5-11(16)15-9(3)7-19-13(15)14-10/h5,7-8H,4,6H2,1-3H3. The lowest BCUT2D eigenvalue weighted by atomic mass is 10.1. The van der Waals surface area contributed by atoms with Crippen LogP contribution in [0.4, 0.5) is 0 Å². The fourth-order valence-corrected chi connectivity index (χ4v) is 2.61. The van der Waals surface area contributed by atoms with E-state index in [0.29, 0.717) is 17.1 Å². The molecule has 2 aromatic rings. The topological polar surface area (TPSA) is 60.7 Å². The summed E-state index contributed by atoms with van der Waals surface area (Å²) in [5, 5.41) is 1.87. The Morgan fingerprint density at radius 2 is 2.26 bits per heavy atom. The van der Waals surface area contributed by atoms with Gasteiger partial charge in [0.15, 0.2) is 4.96 Å². The molecule has 6 heteroatoms. The van der Waals surface area contributed by atoms with E-state index in [-0.39, 0.29) is 24.1 Å². The van der Waals surface area contributed by atoms with Crippen LogP contribution in [0.5, 0.6) is 0 Å². The van der Waals surface area contributed by atoms with Gasteiger partial charge in [0.25, 0.3) is 5.56 Å². The molecule has 0 fully saturated rings. The summed E-state index contributed by atoms with van der Waals surface area (Å²) in [6.45, 7) is 5.81. The van der Waals surface area contributed by atoms with Crippen LogP contribution in [0.1, 0.15) is 31.7 Å². The Bertz CT molecular complexity index is 657. The summed E-state index contributed by atoms with van der Waals surface area (Å²) in [6.07, 6.45) is 0.374. The maximum absolute atomic E-state index is 11.9. The van der Waals surface area contributed by atoms with Crippen molar-refractivity contribution in [3.8, 4) is 0 Å². The number of aromatic nitrogens is 2. The number of carbonyl (C=O) groups excluding carboxylic acids is 1. The third-order valence-corrected chi connectivity index (χ3v) is 3.53. The SMILES string of the molecule is Cc1csc2nc(COC(=O)CC(C)C)cc(=O)n12. The highest BCUT2D eigenvalue weighted by Crippen LogP contribution is 2.12. The maximum Gasteiger partial charge on any atom is 0.306 e. The summed E-state index contributed by atoms with van der Waals surface area (Å²) < 4.78 is 6.65. The zero-order valence-corrected chi connectivity index (χ0v) is 12.0. The minimum Gasteiger partial charge on any atom is -0.459 e. The highest BCUT2D eigenvalue weighted by atomic mass is 32.1. The van der Waals surface area contributed by atoms with Crippen LogP contribution in [0.25, 0.3) is 4.96 Å². The highest BCUT2D eigenvalue weighted by molar-refractivity contribution is 7.15. The van der Waals surface area contributed by atoms with Crippen molar-refractivity contribution in [2.45, 2.75) is 33.8 Å². The molecular formula is C13H16N2O3S. The van der Waals surface area contributed by atoms with Crippen molar-refractivity contribution < 1.29 is 9.53 Å². The lowest BCUT2D eigenvalue weighted by molar-refractivity contribution is -0.145. The van der Waals surface area contributed by atoms with Gasteiger partial charge in [0, 0.05) is 23.6 Å². The average Bonchev–Trinajstić information content (AvgIpc) is 2.68. The maximum atomic E-state index is 11.9. The molecule has 0 spiro atoms. The number of nitrogens with zero attached hydrogens (tertiary/aromatic N) is 2. The van der Waals surface area contributed by atoms with Crippen LogP contribution in [-0.2, 0) is 16.1 Å². The quantitative estimate of drug-likeness (QED) is 0.805. The summed E-state index contributed by atoms with van der Waals surface area (Å²) in [7, 11) is 0. The Hall–Kier alpha value is -1.69. The summed E-state index contributed by atoms with van der Waals surface area (Å²) >= 11 is 1.40. The molecule has 0 aliphatic carbocycles. The molecule has 0 aliphatic heterocycles. The van der Waals surface area contributed by atoms with E-state index < -0.39 is 0 Å². The second kappa shape index (κ2) is 5.52. The van der Waals surface area contributed by atoms with Gasteiger partial charge in [0.05, 0.1) is 5.69 Å². The smallest absolute Gasteiger partial charge is 0.306 e.